The van der Waals surface area contributed by atoms with Gasteiger partial charge in [-0.15, -0.1) is 11.8 Å². The molecule has 0 amide bonds. The van der Waals surface area contributed by atoms with Crippen LogP contribution in [0, 0.1) is 0 Å². The molecule has 0 saturated heterocycles. The minimum atomic E-state index is -0.0568. The molecule has 0 N–H and O–H groups in total. The molecule has 0 fully saturated rings. The normalized spacial score (nSPS) is 11.4. The summed E-state index contributed by atoms with van der Waals surface area (Å²) in [7, 11) is 0. The monoisotopic (exact) mass is 432 g/mol. The number of ketones is 1. The average Bonchev–Trinajstić information content (AvgIpc) is 2.68. The molecule has 0 spiro atoms. The number of thioether (sulfide) groups is 1. The van der Waals surface area contributed by atoms with Gasteiger partial charge in [-0.05, 0) is 59.7 Å². The van der Waals surface area contributed by atoms with Crippen LogP contribution in [-0.2, 0) is 5.75 Å². The number of allylic oxidation sites excluding steroid dienone is 1. The third-order valence-electron chi connectivity index (χ3n) is 3.84. The Morgan fingerprint density at radius 1 is 0.815 bits per heavy atom. The number of carbonyl (C=O) groups is 1. The molecule has 5 heteroatoms. The van der Waals surface area contributed by atoms with Crippen molar-refractivity contribution in [2.45, 2.75) is 5.75 Å². The highest BCUT2D eigenvalue weighted by atomic mass is 35.5. The molecule has 0 aromatic heterocycles. The minimum absolute atomic E-state index is 0.0568. The first-order chi connectivity index (χ1) is 13.0. The summed E-state index contributed by atoms with van der Waals surface area (Å²) in [6.07, 6.45) is 1.87. The zero-order valence-corrected chi connectivity index (χ0v) is 17.2. The van der Waals surface area contributed by atoms with Gasteiger partial charge >= 0.3 is 0 Å². The van der Waals surface area contributed by atoms with E-state index in [-0.39, 0.29) is 5.78 Å². The number of halogens is 3. The molecule has 0 aliphatic carbocycles. The van der Waals surface area contributed by atoms with Crippen LogP contribution in [0.15, 0.2) is 77.7 Å². The van der Waals surface area contributed by atoms with E-state index in [2.05, 4.69) is 0 Å². The van der Waals surface area contributed by atoms with Crippen molar-refractivity contribution in [2.24, 2.45) is 0 Å². The molecule has 136 valence electrons. The summed E-state index contributed by atoms with van der Waals surface area (Å²) in [6.45, 7) is 0. The van der Waals surface area contributed by atoms with Crippen LogP contribution in [0.1, 0.15) is 21.5 Å². The SMILES string of the molecule is O=C(/C(=C\c1ccc(Cl)cc1)SCc1ccccc1Cl)c1ccc(Cl)cc1. The Bertz CT molecular complexity index is 964. The van der Waals surface area contributed by atoms with Gasteiger partial charge in [-0.1, -0.05) is 65.1 Å². The lowest BCUT2D eigenvalue weighted by Gasteiger charge is -2.09. The van der Waals surface area contributed by atoms with Crippen molar-refractivity contribution in [3.05, 3.63) is 109 Å². The zero-order valence-electron chi connectivity index (χ0n) is 14.2. The second kappa shape index (κ2) is 9.48. The van der Waals surface area contributed by atoms with Gasteiger partial charge in [0.2, 0.25) is 0 Å². The fourth-order valence-corrected chi connectivity index (χ4v) is 3.96. The van der Waals surface area contributed by atoms with Gasteiger partial charge in [-0.25, -0.2) is 0 Å². The van der Waals surface area contributed by atoms with E-state index in [0.29, 0.717) is 31.3 Å². The molecule has 0 heterocycles. The number of carbonyl (C=O) groups excluding carboxylic acids is 1. The molecule has 3 rings (SSSR count). The summed E-state index contributed by atoms with van der Waals surface area (Å²) in [4.78, 5) is 13.7. The highest BCUT2D eigenvalue weighted by molar-refractivity contribution is 8.03. The van der Waals surface area contributed by atoms with E-state index in [9.17, 15) is 4.79 Å². The lowest BCUT2D eigenvalue weighted by atomic mass is 10.1. The molecule has 0 aliphatic heterocycles. The van der Waals surface area contributed by atoms with Crippen LogP contribution >= 0.6 is 46.6 Å². The maximum Gasteiger partial charge on any atom is 0.199 e. The maximum atomic E-state index is 13.0. The van der Waals surface area contributed by atoms with Crippen LogP contribution in [-0.4, -0.2) is 5.78 Å². The van der Waals surface area contributed by atoms with E-state index in [4.69, 9.17) is 34.8 Å². The van der Waals surface area contributed by atoms with Gasteiger partial charge in [0.15, 0.2) is 5.78 Å². The van der Waals surface area contributed by atoms with Crippen LogP contribution in [0.3, 0.4) is 0 Å². The molecule has 27 heavy (non-hydrogen) atoms. The van der Waals surface area contributed by atoms with E-state index < -0.39 is 0 Å². The van der Waals surface area contributed by atoms with Gasteiger partial charge in [-0.2, -0.15) is 0 Å². The third kappa shape index (κ3) is 5.63. The van der Waals surface area contributed by atoms with Gasteiger partial charge in [0.25, 0.3) is 0 Å². The summed E-state index contributed by atoms with van der Waals surface area (Å²) in [5.74, 6) is 0.539. The lowest BCUT2D eigenvalue weighted by molar-refractivity contribution is 0.104. The lowest BCUT2D eigenvalue weighted by Crippen LogP contribution is -2.01. The molecule has 3 aromatic carbocycles. The predicted molar refractivity (Wildman–Crippen MR) is 118 cm³/mol. The molecule has 0 saturated carbocycles. The van der Waals surface area contributed by atoms with Gasteiger partial charge in [0, 0.05) is 26.4 Å². The second-order valence-electron chi connectivity index (χ2n) is 5.78. The molecule has 0 radical (unpaired) electrons. The molecule has 0 atom stereocenters. The largest absolute Gasteiger partial charge is 0.288 e. The van der Waals surface area contributed by atoms with Gasteiger partial charge in [0.1, 0.15) is 0 Å². The van der Waals surface area contributed by atoms with Crippen molar-refractivity contribution in [3.63, 3.8) is 0 Å². The summed E-state index contributed by atoms with van der Waals surface area (Å²) < 4.78 is 0. The Labute approximate surface area is 178 Å². The van der Waals surface area contributed by atoms with Crippen molar-refractivity contribution >= 4 is 58.4 Å². The van der Waals surface area contributed by atoms with Gasteiger partial charge in [-0.3, -0.25) is 4.79 Å². The highest BCUT2D eigenvalue weighted by Crippen LogP contribution is 2.30. The Kier molecular flexibility index (Phi) is 7.03. The summed E-state index contributed by atoms with van der Waals surface area (Å²) in [6, 6.07) is 21.9. The van der Waals surface area contributed by atoms with E-state index in [0.717, 1.165) is 11.1 Å². The smallest absolute Gasteiger partial charge is 0.199 e. The van der Waals surface area contributed by atoms with Crippen molar-refractivity contribution in [3.8, 4) is 0 Å². The molecule has 1 nitrogen and oxygen atoms in total. The van der Waals surface area contributed by atoms with Crippen LogP contribution in [0.25, 0.3) is 6.08 Å². The summed E-state index contributed by atoms with van der Waals surface area (Å²) in [5, 5.41) is 1.94. The van der Waals surface area contributed by atoms with E-state index in [1.165, 1.54) is 11.8 Å². The number of benzene rings is 3. The van der Waals surface area contributed by atoms with E-state index in [1.54, 1.807) is 36.4 Å². The van der Waals surface area contributed by atoms with E-state index >= 15 is 0 Å². The molecule has 0 bridgehead atoms. The molecule has 0 unspecified atom stereocenters. The zero-order chi connectivity index (χ0) is 19.2. The van der Waals surface area contributed by atoms with Crippen LogP contribution in [0.4, 0.5) is 0 Å². The van der Waals surface area contributed by atoms with Crippen LogP contribution in [0.5, 0.6) is 0 Å². The van der Waals surface area contributed by atoms with Gasteiger partial charge in [0.05, 0.1) is 4.91 Å². The van der Waals surface area contributed by atoms with Crippen molar-refractivity contribution in [1.29, 1.82) is 0 Å². The highest BCUT2D eigenvalue weighted by Gasteiger charge is 2.14. The van der Waals surface area contributed by atoms with E-state index in [1.807, 2.05) is 42.5 Å². The number of hydrogen-bond donors (Lipinski definition) is 0. The summed E-state index contributed by atoms with van der Waals surface area (Å²) in [5.41, 5.74) is 2.48. The first kappa shape index (κ1) is 20.0. The third-order valence-corrected chi connectivity index (χ3v) is 5.78. The molecular formula is C22H15Cl3OS. The average molecular weight is 434 g/mol. The summed E-state index contributed by atoms with van der Waals surface area (Å²) >= 11 is 19.6. The first-order valence-corrected chi connectivity index (χ1v) is 10.3. The molecule has 0 aliphatic rings. The number of rotatable bonds is 6. The first-order valence-electron chi connectivity index (χ1n) is 8.16. The standard InChI is InChI=1S/C22H15Cl3OS/c23-18-9-5-15(6-10-18)13-21(22(26)16-7-11-19(24)12-8-16)27-14-17-3-1-2-4-20(17)25/h1-13H,14H2/b21-13+. The fourth-order valence-electron chi connectivity index (χ4n) is 2.40. The quantitative estimate of drug-likeness (QED) is 0.291. The van der Waals surface area contributed by atoms with Crippen molar-refractivity contribution in [1.82, 2.24) is 0 Å². The molecule has 3 aromatic rings. The van der Waals surface area contributed by atoms with Crippen molar-refractivity contribution in [2.75, 3.05) is 0 Å². The fraction of sp³-hybridized carbons (Fsp3) is 0.0455. The number of Topliss-reactive ketones (excluding diaryl/α,β-unsaturated/α-hetero) is 1. The second-order valence-corrected chi connectivity index (χ2v) is 8.07. The predicted octanol–water partition coefficient (Wildman–Crippen LogP) is 7.80. The Morgan fingerprint density at radius 2 is 1.41 bits per heavy atom. The Balaban J connectivity index is 1.90. The van der Waals surface area contributed by atoms with Crippen LogP contribution < -0.4 is 0 Å². The van der Waals surface area contributed by atoms with Crippen LogP contribution in [0.2, 0.25) is 15.1 Å². The van der Waals surface area contributed by atoms with Gasteiger partial charge < -0.3 is 0 Å². The maximum absolute atomic E-state index is 13.0. The molecular weight excluding hydrogens is 419 g/mol. The Morgan fingerprint density at radius 3 is 2.04 bits per heavy atom. The minimum Gasteiger partial charge on any atom is -0.288 e. The Hall–Kier alpha value is -1.71. The van der Waals surface area contributed by atoms with Crippen molar-refractivity contribution < 1.29 is 4.79 Å². The number of hydrogen-bond acceptors (Lipinski definition) is 2. The topological polar surface area (TPSA) is 17.1 Å².